The maximum Gasteiger partial charge on any atom is 0.490 e. The molecule has 0 spiro atoms. The number of alkyl halides is 3. The summed E-state index contributed by atoms with van der Waals surface area (Å²) in [4.78, 5) is 18.3. The first-order chi connectivity index (χ1) is 20.7. The predicted molar refractivity (Wildman–Crippen MR) is 159 cm³/mol. The topological polar surface area (TPSA) is 161 Å². The molecule has 44 heavy (non-hydrogen) atoms. The third-order valence-corrected chi connectivity index (χ3v) is 8.06. The van der Waals surface area contributed by atoms with Crippen molar-refractivity contribution < 1.29 is 37.7 Å². The van der Waals surface area contributed by atoms with Crippen LogP contribution in [0.3, 0.4) is 0 Å². The molecule has 5 aromatic rings. The molecule has 1 saturated carbocycles. The molecule has 0 unspecified atom stereocenters. The summed E-state index contributed by atoms with van der Waals surface area (Å²) in [5, 5.41) is 33.6. The van der Waals surface area contributed by atoms with Crippen LogP contribution in [0.2, 0.25) is 0 Å². The van der Waals surface area contributed by atoms with E-state index in [-0.39, 0.29) is 12.1 Å². The van der Waals surface area contributed by atoms with E-state index in [1.165, 1.54) is 11.3 Å². The largest absolute Gasteiger partial charge is 0.490 e. The van der Waals surface area contributed by atoms with Crippen LogP contribution in [-0.4, -0.2) is 58.9 Å². The van der Waals surface area contributed by atoms with E-state index in [4.69, 9.17) is 20.1 Å². The number of rotatable bonds is 3. The molecule has 1 fully saturated rings. The molecular formula is C30H28F3N5O5S. The molecule has 1 aliphatic rings. The summed E-state index contributed by atoms with van der Waals surface area (Å²) in [6, 6.07) is 4.20. The summed E-state index contributed by atoms with van der Waals surface area (Å²) in [6.45, 7) is 3.31. The Morgan fingerprint density at radius 1 is 1.16 bits per heavy atom. The van der Waals surface area contributed by atoms with Gasteiger partial charge in [0.15, 0.2) is 11.4 Å². The van der Waals surface area contributed by atoms with Gasteiger partial charge in [0.25, 0.3) is 0 Å². The van der Waals surface area contributed by atoms with Crippen molar-refractivity contribution in [1.82, 2.24) is 19.7 Å². The summed E-state index contributed by atoms with van der Waals surface area (Å²) in [7, 11) is 0. The Balaban J connectivity index is 0.000000493. The molecule has 0 saturated heterocycles. The van der Waals surface area contributed by atoms with Crippen molar-refractivity contribution in [2.75, 3.05) is 5.73 Å². The van der Waals surface area contributed by atoms with Gasteiger partial charge in [0.05, 0.1) is 33.5 Å². The third kappa shape index (κ3) is 6.70. The summed E-state index contributed by atoms with van der Waals surface area (Å²) in [5.74, 6) is 4.24. The van der Waals surface area contributed by atoms with E-state index in [0.29, 0.717) is 17.2 Å². The minimum Gasteiger partial charge on any atom is -0.475 e. The van der Waals surface area contributed by atoms with Crippen LogP contribution in [0.4, 0.5) is 19.0 Å². The number of aliphatic hydroxyl groups is 2. The van der Waals surface area contributed by atoms with Crippen LogP contribution in [0.25, 0.3) is 43.5 Å². The number of carboxylic acids is 1. The number of anilines is 1. The highest BCUT2D eigenvalue weighted by Gasteiger charge is 2.38. The highest BCUT2D eigenvalue weighted by molar-refractivity contribution is 7.20. The molecule has 10 nitrogen and oxygen atoms in total. The zero-order valence-electron chi connectivity index (χ0n) is 23.6. The van der Waals surface area contributed by atoms with Gasteiger partial charge in [-0.25, -0.2) is 9.78 Å². The van der Waals surface area contributed by atoms with Gasteiger partial charge in [0.1, 0.15) is 11.4 Å². The van der Waals surface area contributed by atoms with Crippen molar-refractivity contribution in [3.05, 3.63) is 48.0 Å². The number of aromatic nitrogens is 4. The molecule has 1 aliphatic carbocycles. The second kappa shape index (κ2) is 11.9. The van der Waals surface area contributed by atoms with Gasteiger partial charge in [-0.05, 0) is 51.7 Å². The van der Waals surface area contributed by atoms with Crippen molar-refractivity contribution in [2.24, 2.45) is 0 Å². The normalized spacial score (nSPS) is 17.2. The Kier molecular flexibility index (Phi) is 8.39. The van der Waals surface area contributed by atoms with Crippen molar-refractivity contribution in [1.29, 1.82) is 0 Å². The number of hydrogen-bond donors (Lipinski definition) is 4. The van der Waals surface area contributed by atoms with Gasteiger partial charge in [-0.2, -0.15) is 18.3 Å². The van der Waals surface area contributed by atoms with Crippen LogP contribution in [0, 0.1) is 11.8 Å². The van der Waals surface area contributed by atoms with Gasteiger partial charge in [-0.15, -0.1) is 11.3 Å². The summed E-state index contributed by atoms with van der Waals surface area (Å²) in [6.07, 6.45) is 7.29. The lowest BCUT2D eigenvalue weighted by Gasteiger charge is -2.25. The smallest absolute Gasteiger partial charge is 0.475 e. The van der Waals surface area contributed by atoms with E-state index in [1.807, 2.05) is 29.2 Å². The van der Waals surface area contributed by atoms with Crippen molar-refractivity contribution in [2.45, 2.75) is 63.5 Å². The van der Waals surface area contributed by atoms with E-state index in [0.717, 1.165) is 62.7 Å². The number of furan rings is 1. The second-order valence-electron chi connectivity index (χ2n) is 10.9. The number of thiophene rings is 1. The summed E-state index contributed by atoms with van der Waals surface area (Å²) >= 11 is 1.51. The molecule has 0 aromatic carbocycles. The van der Waals surface area contributed by atoms with Crippen LogP contribution in [0.5, 0.6) is 0 Å². The van der Waals surface area contributed by atoms with Crippen LogP contribution in [0.15, 0.2) is 47.5 Å². The molecule has 0 radical (unpaired) electrons. The van der Waals surface area contributed by atoms with E-state index in [2.05, 4.69) is 26.9 Å². The number of nitrogens with zero attached hydrogens (tertiary/aromatic N) is 4. The van der Waals surface area contributed by atoms with Crippen molar-refractivity contribution >= 4 is 44.2 Å². The number of nitrogen functional groups attached to an aromatic ring is 1. The zero-order valence-corrected chi connectivity index (χ0v) is 24.4. The Hall–Kier alpha value is -4.45. The van der Waals surface area contributed by atoms with Gasteiger partial charge >= 0.3 is 12.1 Å². The lowest BCUT2D eigenvalue weighted by Crippen LogP contribution is -2.21. The molecule has 0 aliphatic heterocycles. The molecule has 14 heteroatoms. The van der Waals surface area contributed by atoms with Crippen LogP contribution < -0.4 is 5.73 Å². The Morgan fingerprint density at radius 2 is 1.86 bits per heavy atom. The molecule has 0 bridgehead atoms. The molecule has 5 heterocycles. The van der Waals surface area contributed by atoms with Crippen molar-refractivity contribution in [3.63, 3.8) is 0 Å². The number of halogens is 3. The second-order valence-corrected chi connectivity index (χ2v) is 11.9. The van der Waals surface area contributed by atoms with Gasteiger partial charge in [-0.1, -0.05) is 11.8 Å². The number of hydrogen-bond acceptors (Lipinski definition) is 9. The minimum atomic E-state index is -5.08. The fourth-order valence-electron chi connectivity index (χ4n) is 4.89. The lowest BCUT2D eigenvalue weighted by atomic mass is 9.93. The molecule has 230 valence electrons. The number of nitrogens with two attached hydrogens (primary N) is 1. The maximum atomic E-state index is 10.6. The Bertz CT molecular complexity index is 1890. The Labute approximate surface area is 253 Å². The average Bonchev–Trinajstić information content (AvgIpc) is 3.69. The van der Waals surface area contributed by atoms with Gasteiger partial charge in [0, 0.05) is 46.7 Å². The number of aliphatic hydroxyl groups excluding tert-OH is 1. The number of carboxylic acid groups (broad SMARTS) is 1. The summed E-state index contributed by atoms with van der Waals surface area (Å²) in [5.41, 5.74) is 8.29. The van der Waals surface area contributed by atoms with Gasteiger partial charge in [0.2, 0.25) is 0 Å². The maximum absolute atomic E-state index is 10.6. The molecule has 0 amide bonds. The number of fused-ring (bicyclic) bond motifs is 2. The van der Waals surface area contributed by atoms with E-state index in [1.54, 1.807) is 32.4 Å². The molecule has 5 N–H and O–H groups in total. The average molecular weight is 628 g/mol. The Morgan fingerprint density at radius 3 is 2.52 bits per heavy atom. The highest BCUT2D eigenvalue weighted by atomic mass is 32.1. The van der Waals surface area contributed by atoms with Crippen molar-refractivity contribution in [3.8, 4) is 34.3 Å². The molecule has 6 rings (SSSR count). The predicted octanol–water partition coefficient (Wildman–Crippen LogP) is 5.78. The van der Waals surface area contributed by atoms with Gasteiger partial charge in [-0.3, -0.25) is 9.67 Å². The van der Waals surface area contributed by atoms with E-state index >= 15 is 0 Å². The van der Waals surface area contributed by atoms with Crippen LogP contribution >= 0.6 is 11.3 Å². The standard InChI is InChI=1S/C28H27N5O3S.C2HF3O2/c1-28(2,35)9-7-23-25(19-8-10-30-14-24(19)37-23)22-11-20-21(13-31-27(29)26(20)36-22)16-12-32-33(15-16)17-3-5-18(34)6-4-17;3-2(4,5)1(6)7/h8,10-15,17-18,34-35H,3-6H2,1-2H3,(H2,29,31);(H,6,7)/t17-,18-;. The minimum absolute atomic E-state index is 0.210. The molecular weight excluding hydrogens is 599 g/mol. The monoisotopic (exact) mass is 627 g/mol. The quantitative estimate of drug-likeness (QED) is 0.182. The first-order valence-corrected chi connectivity index (χ1v) is 14.4. The SMILES string of the molecule is CC(C)(O)C#Cc1sc2cnccc2c1-c1cc2c(-c3cnn([C@H]4CC[C@H](O)CC4)c3)cnc(N)c2o1.O=C(O)C(F)(F)F. The lowest BCUT2D eigenvalue weighted by molar-refractivity contribution is -0.192. The number of pyridine rings is 2. The first-order valence-electron chi connectivity index (χ1n) is 13.5. The first kappa shape index (κ1) is 31.0. The third-order valence-electron chi connectivity index (χ3n) is 7.00. The van der Waals surface area contributed by atoms with Gasteiger partial charge < -0.3 is 25.5 Å². The van der Waals surface area contributed by atoms with E-state index in [9.17, 15) is 23.4 Å². The fourth-order valence-corrected chi connectivity index (χ4v) is 5.92. The number of aliphatic carboxylic acids is 1. The zero-order chi connectivity index (χ0) is 31.8. The molecule has 5 aromatic heterocycles. The fraction of sp³-hybridized carbons (Fsp3) is 0.333. The van der Waals surface area contributed by atoms with Crippen LogP contribution in [-0.2, 0) is 4.79 Å². The highest BCUT2D eigenvalue weighted by Crippen LogP contribution is 2.43. The van der Waals surface area contributed by atoms with E-state index < -0.39 is 17.7 Å². The number of carbonyl (C=O) groups is 1. The van der Waals surface area contributed by atoms with Crippen LogP contribution in [0.1, 0.15) is 50.4 Å². The molecule has 0 atom stereocenters. The summed E-state index contributed by atoms with van der Waals surface area (Å²) < 4.78 is 41.0.